The number of thioether (sulfide) groups is 1. The number of nitrogens with zero attached hydrogens (tertiary/aromatic N) is 2. The molecule has 0 bridgehead atoms. The lowest BCUT2D eigenvalue weighted by Gasteiger charge is -2.05. The molecule has 0 radical (unpaired) electrons. The van der Waals surface area contributed by atoms with E-state index in [4.69, 9.17) is 23.4 Å². The summed E-state index contributed by atoms with van der Waals surface area (Å²) >= 11 is 1.46. The van der Waals surface area contributed by atoms with Gasteiger partial charge in [-0.25, -0.2) is 0 Å². The fourth-order valence-electron chi connectivity index (χ4n) is 2.49. The molecule has 4 rings (SSSR count). The number of hydrogen-bond acceptors (Lipinski definition) is 8. The minimum absolute atomic E-state index is 0.267. The Morgan fingerprint density at radius 3 is 2.50 bits per heavy atom. The van der Waals surface area contributed by atoms with Crippen LogP contribution in [0.5, 0.6) is 23.0 Å². The van der Waals surface area contributed by atoms with Crippen LogP contribution in [0.3, 0.4) is 0 Å². The Labute approximate surface area is 154 Å². The Balaban J connectivity index is 1.48. The number of methoxy groups -OCH3 is 2. The molecule has 134 valence electrons. The molecule has 0 saturated carbocycles. The summed E-state index contributed by atoms with van der Waals surface area (Å²) in [6, 6.07) is 11.3. The molecule has 3 aromatic rings. The van der Waals surface area contributed by atoms with Crippen molar-refractivity contribution in [1.29, 1.82) is 0 Å². The van der Waals surface area contributed by atoms with Crippen LogP contribution >= 0.6 is 11.8 Å². The average molecular weight is 372 g/mol. The normalized spacial score (nSPS) is 12.2. The standard InChI is InChI=1S/C18H16N2O5S/c1-21-13-6-12(7-14(8-13)22-2)17-19-20-18(25-17)26-9-11-3-4-15-16(5-11)24-10-23-15/h3-8H,9-10H2,1-2H3. The van der Waals surface area contributed by atoms with Gasteiger partial charge < -0.3 is 23.4 Å². The summed E-state index contributed by atoms with van der Waals surface area (Å²) in [5.74, 6) is 3.94. The Kier molecular flexibility index (Phi) is 4.57. The summed E-state index contributed by atoms with van der Waals surface area (Å²) in [5, 5.41) is 8.70. The minimum Gasteiger partial charge on any atom is -0.497 e. The topological polar surface area (TPSA) is 75.8 Å². The van der Waals surface area contributed by atoms with Gasteiger partial charge in [0.2, 0.25) is 12.7 Å². The summed E-state index contributed by atoms with van der Waals surface area (Å²) in [4.78, 5) is 0. The van der Waals surface area contributed by atoms with Crippen LogP contribution in [0.1, 0.15) is 5.56 Å². The Morgan fingerprint density at radius 2 is 1.73 bits per heavy atom. The summed E-state index contributed by atoms with van der Waals surface area (Å²) in [6.07, 6.45) is 0. The first-order valence-electron chi connectivity index (χ1n) is 7.83. The van der Waals surface area contributed by atoms with Crippen LogP contribution < -0.4 is 18.9 Å². The Morgan fingerprint density at radius 1 is 0.962 bits per heavy atom. The van der Waals surface area contributed by atoms with Gasteiger partial charge in [-0.3, -0.25) is 0 Å². The first-order chi connectivity index (χ1) is 12.7. The number of fused-ring (bicyclic) bond motifs is 1. The third-order valence-electron chi connectivity index (χ3n) is 3.80. The van der Waals surface area contributed by atoms with Crippen LogP contribution in [0.4, 0.5) is 0 Å². The second-order valence-corrected chi connectivity index (χ2v) is 6.38. The number of ether oxygens (including phenoxy) is 4. The van der Waals surface area contributed by atoms with Gasteiger partial charge in [-0.15, -0.1) is 10.2 Å². The second kappa shape index (κ2) is 7.17. The van der Waals surface area contributed by atoms with Crippen LogP contribution in [0.25, 0.3) is 11.5 Å². The molecule has 1 aliphatic rings. The molecule has 1 aliphatic heterocycles. The lowest BCUT2D eigenvalue weighted by Crippen LogP contribution is -1.92. The molecule has 0 aliphatic carbocycles. The molecule has 0 fully saturated rings. The highest BCUT2D eigenvalue weighted by atomic mass is 32.2. The summed E-state index contributed by atoms with van der Waals surface area (Å²) < 4.78 is 27.0. The van der Waals surface area contributed by atoms with E-state index >= 15 is 0 Å². The third-order valence-corrected chi connectivity index (χ3v) is 4.69. The van der Waals surface area contributed by atoms with E-state index in [1.165, 1.54) is 11.8 Å². The molecule has 0 saturated heterocycles. The van der Waals surface area contributed by atoms with Gasteiger partial charge in [0.15, 0.2) is 11.5 Å². The minimum atomic E-state index is 0.267. The Hall–Kier alpha value is -2.87. The van der Waals surface area contributed by atoms with Gasteiger partial charge in [-0.1, -0.05) is 17.8 Å². The third kappa shape index (κ3) is 3.41. The van der Waals surface area contributed by atoms with Crippen LogP contribution in [-0.4, -0.2) is 31.2 Å². The quantitative estimate of drug-likeness (QED) is 0.605. The highest BCUT2D eigenvalue weighted by molar-refractivity contribution is 7.98. The summed E-state index contributed by atoms with van der Waals surface area (Å²) in [7, 11) is 3.19. The van der Waals surface area contributed by atoms with Crippen molar-refractivity contribution in [3.8, 4) is 34.5 Å². The lowest BCUT2D eigenvalue weighted by molar-refractivity contribution is 0.174. The van der Waals surface area contributed by atoms with E-state index in [9.17, 15) is 0 Å². The van der Waals surface area contributed by atoms with Crippen molar-refractivity contribution in [2.24, 2.45) is 0 Å². The van der Waals surface area contributed by atoms with Gasteiger partial charge in [0.05, 0.1) is 14.2 Å². The fourth-order valence-corrected chi connectivity index (χ4v) is 3.20. The number of benzene rings is 2. The van der Waals surface area contributed by atoms with Gasteiger partial charge in [0, 0.05) is 17.4 Å². The molecule has 8 heteroatoms. The van der Waals surface area contributed by atoms with E-state index in [1.54, 1.807) is 20.3 Å². The van der Waals surface area contributed by atoms with Crippen LogP contribution in [0, 0.1) is 0 Å². The van der Waals surface area contributed by atoms with Crippen LogP contribution in [0.2, 0.25) is 0 Å². The van der Waals surface area contributed by atoms with Crippen LogP contribution in [0.15, 0.2) is 46.0 Å². The van der Waals surface area contributed by atoms with Crippen LogP contribution in [-0.2, 0) is 5.75 Å². The molecular weight excluding hydrogens is 356 g/mol. The zero-order valence-corrected chi connectivity index (χ0v) is 15.0. The van der Waals surface area contributed by atoms with E-state index in [-0.39, 0.29) is 6.79 Å². The fraction of sp³-hybridized carbons (Fsp3) is 0.222. The number of rotatable bonds is 6. The van der Waals surface area contributed by atoms with Gasteiger partial charge in [0.1, 0.15) is 11.5 Å². The van der Waals surface area contributed by atoms with E-state index in [2.05, 4.69) is 10.2 Å². The predicted octanol–water partition coefficient (Wildman–Crippen LogP) is 3.77. The van der Waals surface area contributed by atoms with Crippen molar-refractivity contribution in [2.45, 2.75) is 11.0 Å². The molecular formula is C18H16N2O5S. The van der Waals surface area contributed by atoms with Crippen molar-refractivity contribution in [1.82, 2.24) is 10.2 Å². The first kappa shape index (κ1) is 16.6. The lowest BCUT2D eigenvalue weighted by atomic mass is 10.2. The van der Waals surface area contributed by atoms with E-state index < -0.39 is 0 Å². The largest absolute Gasteiger partial charge is 0.497 e. The molecule has 0 spiro atoms. The second-order valence-electron chi connectivity index (χ2n) is 5.45. The molecule has 1 aromatic heterocycles. The molecule has 0 atom stereocenters. The van der Waals surface area contributed by atoms with Gasteiger partial charge >= 0.3 is 0 Å². The zero-order chi connectivity index (χ0) is 17.9. The maximum Gasteiger partial charge on any atom is 0.277 e. The maximum atomic E-state index is 5.76. The SMILES string of the molecule is COc1cc(OC)cc(-c2nnc(SCc3ccc4c(c3)OCO4)o2)c1. The Bertz CT molecular complexity index is 905. The maximum absolute atomic E-state index is 5.76. The van der Waals surface area contributed by atoms with Crippen molar-refractivity contribution in [3.05, 3.63) is 42.0 Å². The molecule has 0 amide bonds. The van der Waals surface area contributed by atoms with Gasteiger partial charge in [-0.05, 0) is 29.8 Å². The van der Waals surface area contributed by atoms with E-state index in [0.29, 0.717) is 28.4 Å². The molecule has 26 heavy (non-hydrogen) atoms. The monoisotopic (exact) mass is 372 g/mol. The molecule has 0 N–H and O–H groups in total. The van der Waals surface area contributed by atoms with Crippen molar-refractivity contribution in [2.75, 3.05) is 21.0 Å². The van der Waals surface area contributed by atoms with E-state index in [0.717, 1.165) is 22.6 Å². The zero-order valence-electron chi connectivity index (χ0n) is 14.2. The summed E-state index contributed by atoms with van der Waals surface area (Å²) in [6.45, 7) is 0.267. The summed E-state index contributed by atoms with van der Waals surface area (Å²) in [5.41, 5.74) is 1.82. The molecule has 7 nitrogen and oxygen atoms in total. The molecule has 0 unspecified atom stereocenters. The molecule has 2 aromatic carbocycles. The van der Waals surface area contributed by atoms with Crippen molar-refractivity contribution < 1.29 is 23.4 Å². The van der Waals surface area contributed by atoms with E-state index in [1.807, 2.05) is 30.3 Å². The number of aromatic nitrogens is 2. The average Bonchev–Trinajstić information content (AvgIpc) is 3.34. The first-order valence-corrected chi connectivity index (χ1v) is 8.82. The van der Waals surface area contributed by atoms with Crippen molar-refractivity contribution >= 4 is 11.8 Å². The number of hydrogen-bond donors (Lipinski definition) is 0. The predicted molar refractivity (Wildman–Crippen MR) is 95.0 cm³/mol. The van der Waals surface area contributed by atoms with Gasteiger partial charge in [0.25, 0.3) is 5.22 Å². The highest BCUT2D eigenvalue weighted by Crippen LogP contribution is 2.35. The molecule has 2 heterocycles. The highest BCUT2D eigenvalue weighted by Gasteiger charge is 2.15. The smallest absolute Gasteiger partial charge is 0.277 e. The van der Waals surface area contributed by atoms with Gasteiger partial charge in [-0.2, -0.15) is 0 Å². The van der Waals surface area contributed by atoms with Crippen molar-refractivity contribution in [3.63, 3.8) is 0 Å².